The molecule has 1 heterocycles. The summed E-state index contributed by atoms with van der Waals surface area (Å²) in [6.45, 7) is -0.407. The highest BCUT2D eigenvalue weighted by Gasteiger charge is 2.16. The number of rotatable bonds is 4. The zero-order valence-electron chi connectivity index (χ0n) is 10.3. The molecule has 2 aromatic rings. The van der Waals surface area contributed by atoms with Crippen molar-refractivity contribution >= 4 is 11.9 Å². The second kappa shape index (κ2) is 5.50. The van der Waals surface area contributed by atoms with Gasteiger partial charge in [-0.2, -0.15) is 0 Å². The van der Waals surface area contributed by atoms with Gasteiger partial charge in [0.15, 0.2) is 0 Å². The van der Waals surface area contributed by atoms with Gasteiger partial charge in [-0.05, 0) is 23.8 Å². The summed E-state index contributed by atoms with van der Waals surface area (Å²) < 4.78 is 0. The van der Waals surface area contributed by atoms with Crippen molar-refractivity contribution in [2.45, 2.75) is 6.61 Å². The van der Waals surface area contributed by atoms with E-state index in [1.54, 1.807) is 0 Å². The summed E-state index contributed by atoms with van der Waals surface area (Å²) in [5, 5.41) is 27.3. The van der Waals surface area contributed by atoms with Gasteiger partial charge in [-0.3, -0.25) is 4.98 Å². The normalized spacial score (nSPS) is 10.2. The Labute approximate surface area is 114 Å². The Hall–Kier alpha value is -2.73. The lowest BCUT2D eigenvalue weighted by molar-refractivity contribution is 0.0685. The molecule has 0 bridgehead atoms. The molecule has 0 atom stereocenters. The number of aliphatic hydroxyl groups excluding tert-OH is 1. The number of nitrogens with zero attached hydrogens (tertiary/aromatic N) is 1. The zero-order valence-corrected chi connectivity index (χ0v) is 10.3. The third kappa shape index (κ3) is 2.50. The van der Waals surface area contributed by atoms with Crippen molar-refractivity contribution in [3.05, 3.63) is 53.2 Å². The monoisotopic (exact) mass is 273 g/mol. The minimum Gasteiger partial charge on any atom is -0.478 e. The zero-order chi connectivity index (χ0) is 14.7. The molecule has 0 radical (unpaired) electrons. The van der Waals surface area contributed by atoms with E-state index in [1.165, 1.54) is 36.5 Å². The van der Waals surface area contributed by atoms with Crippen molar-refractivity contribution in [1.29, 1.82) is 0 Å². The van der Waals surface area contributed by atoms with Crippen LogP contribution >= 0.6 is 0 Å². The smallest absolute Gasteiger partial charge is 0.337 e. The maximum Gasteiger partial charge on any atom is 0.337 e. The van der Waals surface area contributed by atoms with Gasteiger partial charge in [-0.15, -0.1) is 0 Å². The van der Waals surface area contributed by atoms with Crippen molar-refractivity contribution in [1.82, 2.24) is 4.98 Å². The van der Waals surface area contributed by atoms with E-state index in [2.05, 4.69) is 4.98 Å². The predicted octanol–water partition coefficient (Wildman–Crippen LogP) is 1.64. The van der Waals surface area contributed by atoms with Crippen LogP contribution in [0.15, 0.2) is 36.5 Å². The van der Waals surface area contributed by atoms with Gasteiger partial charge in [0.05, 0.1) is 23.4 Å². The van der Waals surface area contributed by atoms with Gasteiger partial charge in [-0.25, -0.2) is 9.59 Å². The first kappa shape index (κ1) is 13.7. The van der Waals surface area contributed by atoms with E-state index in [0.717, 1.165) is 0 Å². The fourth-order valence-corrected chi connectivity index (χ4v) is 1.87. The Morgan fingerprint density at radius 3 is 2.35 bits per heavy atom. The molecular weight excluding hydrogens is 262 g/mol. The van der Waals surface area contributed by atoms with E-state index in [-0.39, 0.29) is 22.4 Å². The molecule has 0 spiro atoms. The largest absolute Gasteiger partial charge is 0.478 e. The molecule has 6 nitrogen and oxygen atoms in total. The van der Waals surface area contributed by atoms with E-state index >= 15 is 0 Å². The summed E-state index contributed by atoms with van der Waals surface area (Å²) in [4.78, 5) is 26.3. The molecule has 0 saturated carbocycles. The molecule has 0 amide bonds. The highest BCUT2D eigenvalue weighted by atomic mass is 16.4. The molecule has 0 aliphatic heterocycles. The Morgan fingerprint density at radius 1 is 1.05 bits per heavy atom. The standard InChI is InChI=1S/C14H11NO5/c16-7-9-4-3-8(6-11(9)14(19)20)12-10(13(17)18)2-1-5-15-12/h1-6,16H,7H2,(H,17,18)(H,19,20). The maximum atomic E-state index is 11.1. The molecule has 0 aliphatic rings. The number of benzene rings is 1. The number of aliphatic hydroxyl groups is 1. The highest BCUT2D eigenvalue weighted by molar-refractivity contribution is 5.96. The SMILES string of the molecule is O=C(O)c1cc(-c2ncccc2C(=O)O)ccc1CO. The number of carbonyl (C=O) groups is 2. The molecule has 3 N–H and O–H groups in total. The second-order valence-electron chi connectivity index (χ2n) is 4.04. The molecule has 2 rings (SSSR count). The summed E-state index contributed by atoms with van der Waals surface area (Å²) in [6, 6.07) is 7.17. The molecule has 6 heteroatoms. The van der Waals surface area contributed by atoms with Gasteiger partial charge in [0.25, 0.3) is 0 Å². The summed E-state index contributed by atoms with van der Waals surface area (Å²) in [5.74, 6) is -2.33. The van der Waals surface area contributed by atoms with Crippen molar-refractivity contribution in [2.24, 2.45) is 0 Å². The lowest BCUT2D eigenvalue weighted by atomic mass is 10.00. The minimum absolute atomic E-state index is 0.0133. The quantitative estimate of drug-likeness (QED) is 0.781. The van der Waals surface area contributed by atoms with Gasteiger partial charge in [0, 0.05) is 11.8 Å². The van der Waals surface area contributed by atoms with E-state index in [1.807, 2.05) is 0 Å². The van der Waals surface area contributed by atoms with Crippen LogP contribution in [-0.2, 0) is 6.61 Å². The Morgan fingerprint density at radius 2 is 1.75 bits per heavy atom. The average Bonchev–Trinajstić information content (AvgIpc) is 2.46. The third-order valence-electron chi connectivity index (χ3n) is 2.82. The number of pyridine rings is 1. The highest BCUT2D eigenvalue weighted by Crippen LogP contribution is 2.24. The number of carboxylic acids is 2. The molecule has 0 unspecified atom stereocenters. The van der Waals surface area contributed by atoms with Crippen LogP contribution in [0.4, 0.5) is 0 Å². The molecule has 1 aromatic heterocycles. The fourth-order valence-electron chi connectivity index (χ4n) is 1.87. The minimum atomic E-state index is -1.19. The van der Waals surface area contributed by atoms with E-state index in [0.29, 0.717) is 5.56 Å². The summed E-state index contributed by atoms with van der Waals surface area (Å²) in [6.07, 6.45) is 1.43. The molecular formula is C14H11NO5. The van der Waals surface area contributed by atoms with Crippen molar-refractivity contribution in [3.63, 3.8) is 0 Å². The summed E-state index contributed by atoms with van der Waals surface area (Å²) in [7, 11) is 0. The number of hydrogen-bond donors (Lipinski definition) is 3. The van der Waals surface area contributed by atoms with Gasteiger partial charge in [0.2, 0.25) is 0 Å². The summed E-state index contributed by atoms with van der Waals surface area (Å²) >= 11 is 0. The Kier molecular flexibility index (Phi) is 3.76. The molecule has 20 heavy (non-hydrogen) atoms. The molecule has 0 saturated heterocycles. The van der Waals surface area contributed by atoms with Crippen LogP contribution in [-0.4, -0.2) is 32.2 Å². The van der Waals surface area contributed by atoms with Crippen molar-refractivity contribution < 1.29 is 24.9 Å². The fraction of sp³-hybridized carbons (Fsp3) is 0.0714. The van der Waals surface area contributed by atoms with Gasteiger partial charge < -0.3 is 15.3 Å². The lowest BCUT2D eigenvalue weighted by Gasteiger charge is -2.08. The number of aromatic nitrogens is 1. The van der Waals surface area contributed by atoms with Crippen LogP contribution in [0.25, 0.3) is 11.3 Å². The third-order valence-corrected chi connectivity index (χ3v) is 2.82. The van der Waals surface area contributed by atoms with Gasteiger partial charge >= 0.3 is 11.9 Å². The maximum absolute atomic E-state index is 11.1. The van der Waals surface area contributed by atoms with Crippen LogP contribution in [0.1, 0.15) is 26.3 Å². The topological polar surface area (TPSA) is 108 Å². The van der Waals surface area contributed by atoms with Crippen molar-refractivity contribution in [2.75, 3.05) is 0 Å². The van der Waals surface area contributed by atoms with Gasteiger partial charge in [0.1, 0.15) is 0 Å². The summed E-state index contributed by atoms with van der Waals surface area (Å²) in [5.41, 5.74) is 0.728. The first-order valence-corrected chi connectivity index (χ1v) is 5.70. The average molecular weight is 273 g/mol. The number of carboxylic acid groups (broad SMARTS) is 2. The Bertz CT molecular complexity index is 681. The number of aromatic carboxylic acids is 2. The van der Waals surface area contributed by atoms with E-state index in [4.69, 9.17) is 15.3 Å². The van der Waals surface area contributed by atoms with Crippen LogP contribution < -0.4 is 0 Å². The van der Waals surface area contributed by atoms with Crippen LogP contribution in [0, 0.1) is 0 Å². The van der Waals surface area contributed by atoms with E-state index in [9.17, 15) is 9.59 Å². The van der Waals surface area contributed by atoms with E-state index < -0.39 is 18.5 Å². The van der Waals surface area contributed by atoms with Crippen LogP contribution in [0.2, 0.25) is 0 Å². The molecule has 1 aromatic carbocycles. The van der Waals surface area contributed by atoms with Crippen LogP contribution in [0.3, 0.4) is 0 Å². The predicted molar refractivity (Wildman–Crippen MR) is 69.5 cm³/mol. The molecule has 102 valence electrons. The van der Waals surface area contributed by atoms with Crippen LogP contribution in [0.5, 0.6) is 0 Å². The lowest BCUT2D eigenvalue weighted by Crippen LogP contribution is -2.05. The molecule has 0 aliphatic carbocycles. The first-order chi connectivity index (χ1) is 9.54. The van der Waals surface area contributed by atoms with Gasteiger partial charge in [-0.1, -0.05) is 12.1 Å². The first-order valence-electron chi connectivity index (χ1n) is 5.70. The van der Waals surface area contributed by atoms with Crippen molar-refractivity contribution in [3.8, 4) is 11.3 Å². The second-order valence-corrected chi connectivity index (χ2v) is 4.04. The Balaban J connectivity index is 2.62. The molecule has 0 fully saturated rings. The number of hydrogen-bond acceptors (Lipinski definition) is 4.